The van der Waals surface area contributed by atoms with Crippen LogP contribution in [-0.2, 0) is 44.6 Å². The Morgan fingerprint density at radius 2 is 0.673 bits per heavy atom. The van der Waals surface area contributed by atoms with Gasteiger partial charge in [0.25, 0.3) is 0 Å². The summed E-state index contributed by atoms with van der Waals surface area (Å²) in [4.78, 5) is 2.05. The van der Waals surface area contributed by atoms with Gasteiger partial charge in [0.05, 0.1) is 32.2 Å². The third-order valence-corrected chi connectivity index (χ3v) is 9.95. The average Bonchev–Trinajstić information content (AvgIpc) is 3.08. The van der Waals surface area contributed by atoms with Crippen LogP contribution in [0.3, 0.4) is 0 Å². The molecule has 0 aliphatic carbocycles. The van der Waals surface area contributed by atoms with Crippen LogP contribution in [-0.4, -0.2) is 32.8 Å². The van der Waals surface area contributed by atoms with E-state index in [9.17, 15) is 56.9 Å². The molecule has 16 heteroatoms. The molecule has 5 aromatic carbocycles. The molecule has 0 N–H and O–H groups in total. The minimum absolute atomic E-state index is 0.0114. The van der Waals surface area contributed by atoms with Crippen molar-refractivity contribution in [3.63, 3.8) is 0 Å². The first kappa shape index (κ1) is 43.0. The van der Waals surface area contributed by atoms with Gasteiger partial charge in [-0.3, -0.25) is 0 Å². The summed E-state index contributed by atoms with van der Waals surface area (Å²) in [5.41, 5.74) is -1.98. The summed E-state index contributed by atoms with van der Waals surface area (Å²) < 4.78 is 172. The van der Waals surface area contributed by atoms with E-state index in [0.717, 1.165) is 54.1 Å². The molecule has 5 rings (SSSR count). The normalized spacial score (nSPS) is 12.9. The van der Waals surface area contributed by atoms with Crippen LogP contribution < -0.4 is 26.8 Å². The second kappa shape index (κ2) is 15.8. The first-order valence-corrected chi connectivity index (χ1v) is 18.8. The van der Waals surface area contributed by atoms with Crippen LogP contribution in [0.1, 0.15) is 27.8 Å². The Morgan fingerprint density at radius 3 is 0.855 bits per heavy atom. The molecule has 0 aliphatic heterocycles. The standard InChI is InChI=1S/C28H16BF12.C11H18NOS/c30-25(31,32)17-1-9-21(10-2-17)29(22-11-3-18(4-12-22)26(33,34)35,23-13-5-19(6-14-23)27(36,37)38)24-15-7-20(8-16-24)28(39,40)41;1-12(2)11-7-5-10(6-8-11)9-14(3,4)13/h1-16H;5-8H,9H2,1-4H3/q-1;+1. The van der Waals surface area contributed by atoms with Gasteiger partial charge < -0.3 is 4.90 Å². The zero-order valence-electron chi connectivity index (χ0n) is 29.6. The minimum atomic E-state index is -4.77. The summed E-state index contributed by atoms with van der Waals surface area (Å²) in [6.07, 6.45) is -18.4. The number of benzene rings is 5. The van der Waals surface area contributed by atoms with E-state index >= 15 is 0 Å². The van der Waals surface area contributed by atoms with Crippen LogP contribution >= 0.6 is 0 Å². The molecule has 5 aromatic rings. The maximum absolute atomic E-state index is 13.3. The smallest absolute Gasteiger partial charge is 0.378 e. The number of anilines is 1. The Hall–Kier alpha value is -4.73. The lowest BCUT2D eigenvalue weighted by molar-refractivity contribution is -0.138. The second-order valence-corrected chi connectivity index (χ2v) is 16.6. The third kappa shape index (κ3) is 10.5. The SMILES string of the molecule is CN(C)c1ccc(C[S+](C)(C)=O)cc1.FC(F)(F)c1ccc([B-](c2ccc(C(F)(F)F)cc2)(c2ccc(C(F)(F)F)cc2)c2ccc(C(F)(F)F)cc2)cc1. The zero-order valence-corrected chi connectivity index (χ0v) is 30.4. The molecule has 0 bridgehead atoms. The van der Waals surface area contributed by atoms with Gasteiger partial charge in [-0.1, -0.05) is 109 Å². The molecule has 0 spiro atoms. The van der Waals surface area contributed by atoms with E-state index in [1.807, 2.05) is 26.2 Å². The molecule has 0 heterocycles. The first-order valence-electron chi connectivity index (χ1n) is 16.3. The lowest BCUT2D eigenvalue weighted by Gasteiger charge is -2.44. The zero-order chi connectivity index (χ0) is 41.2. The van der Waals surface area contributed by atoms with Gasteiger partial charge >= 0.3 is 24.7 Å². The van der Waals surface area contributed by atoms with Crippen LogP contribution in [0.25, 0.3) is 0 Å². The minimum Gasteiger partial charge on any atom is -0.378 e. The fraction of sp³-hybridized carbons (Fsp3) is 0.231. The van der Waals surface area contributed by atoms with E-state index in [2.05, 4.69) is 17.0 Å². The summed E-state index contributed by atoms with van der Waals surface area (Å²) in [6.45, 7) is 0. The van der Waals surface area contributed by atoms with Crippen molar-refractivity contribution in [2.24, 2.45) is 0 Å². The molecule has 0 saturated carbocycles. The van der Waals surface area contributed by atoms with Crippen LogP contribution in [0.2, 0.25) is 0 Å². The summed E-state index contributed by atoms with van der Waals surface area (Å²) in [5, 5.41) is 0. The maximum Gasteiger partial charge on any atom is 0.416 e. The highest BCUT2D eigenvalue weighted by atomic mass is 32.2. The molecule has 0 atom stereocenters. The van der Waals surface area contributed by atoms with Gasteiger partial charge in [-0.2, -0.15) is 74.5 Å². The fourth-order valence-corrected chi connectivity index (χ4v) is 7.28. The molecular weight excluding hydrogens is 769 g/mol. The number of rotatable bonds is 7. The molecule has 0 unspecified atom stereocenters. The highest BCUT2D eigenvalue weighted by Crippen LogP contribution is 2.32. The Labute approximate surface area is 311 Å². The van der Waals surface area contributed by atoms with Crippen LogP contribution in [0, 0.1) is 0 Å². The lowest BCUT2D eigenvalue weighted by Crippen LogP contribution is -2.74. The van der Waals surface area contributed by atoms with Crippen molar-refractivity contribution in [2.75, 3.05) is 31.5 Å². The predicted molar refractivity (Wildman–Crippen MR) is 194 cm³/mol. The number of halogens is 12. The fourth-order valence-electron chi connectivity index (χ4n) is 6.29. The summed E-state index contributed by atoms with van der Waals surface area (Å²) >= 11 is 0. The Morgan fingerprint density at radius 1 is 0.436 bits per heavy atom. The molecule has 0 aromatic heterocycles. The van der Waals surface area contributed by atoms with Crippen molar-refractivity contribution in [1.82, 2.24) is 0 Å². The van der Waals surface area contributed by atoms with Crippen LogP contribution in [0.15, 0.2) is 121 Å². The maximum atomic E-state index is 13.3. The van der Waals surface area contributed by atoms with E-state index in [0.29, 0.717) is 54.3 Å². The highest BCUT2D eigenvalue weighted by Gasteiger charge is 2.38. The van der Waals surface area contributed by atoms with Gasteiger partial charge in [0.2, 0.25) is 0 Å². The molecule has 0 amide bonds. The van der Waals surface area contributed by atoms with E-state index in [4.69, 9.17) is 0 Å². The third-order valence-electron chi connectivity index (χ3n) is 8.92. The summed E-state index contributed by atoms with van der Waals surface area (Å²) in [7, 11) is 2.35. The molecule has 0 fully saturated rings. The molecule has 2 nitrogen and oxygen atoms in total. The largest absolute Gasteiger partial charge is 0.416 e. The van der Waals surface area contributed by atoms with Crippen molar-refractivity contribution in [3.05, 3.63) is 149 Å². The molecule has 294 valence electrons. The van der Waals surface area contributed by atoms with Crippen LogP contribution in [0.5, 0.6) is 0 Å². The lowest BCUT2D eigenvalue weighted by atomic mass is 9.13. The van der Waals surface area contributed by atoms with E-state index in [-0.39, 0.29) is 21.9 Å². The summed E-state index contributed by atoms with van der Waals surface area (Å²) in [5.74, 6) is 0.667. The molecule has 0 radical (unpaired) electrons. The van der Waals surface area contributed by atoms with Crippen molar-refractivity contribution >= 4 is 43.6 Å². The Kier molecular flexibility index (Phi) is 12.3. The predicted octanol–water partition coefficient (Wildman–Crippen LogP) is 9.15. The second-order valence-electron chi connectivity index (χ2n) is 13.5. The van der Waals surface area contributed by atoms with E-state index in [1.165, 1.54) is 5.69 Å². The van der Waals surface area contributed by atoms with Crippen molar-refractivity contribution in [2.45, 2.75) is 30.5 Å². The van der Waals surface area contributed by atoms with Gasteiger partial charge in [0, 0.05) is 25.3 Å². The van der Waals surface area contributed by atoms with Gasteiger partial charge in [-0.05, 0) is 12.1 Å². The quantitative estimate of drug-likeness (QED) is 0.0931. The van der Waals surface area contributed by atoms with Gasteiger partial charge in [0.15, 0.2) is 0 Å². The number of hydrogen-bond donors (Lipinski definition) is 0. The Bertz CT molecular complexity index is 1830. The van der Waals surface area contributed by atoms with Crippen molar-refractivity contribution in [1.29, 1.82) is 0 Å². The molecule has 0 saturated heterocycles. The Balaban J connectivity index is 0.000000404. The average molecular weight is 804 g/mol. The molecular formula is C39H34BF12NOS. The van der Waals surface area contributed by atoms with Crippen molar-refractivity contribution in [3.8, 4) is 0 Å². The van der Waals surface area contributed by atoms with Gasteiger partial charge in [-0.25, -0.2) is 0 Å². The van der Waals surface area contributed by atoms with Crippen molar-refractivity contribution < 1.29 is 56.9 Å². The molecule has 55 heavy (non-hydrogen) atoms. The van der Waals surface area contributed by atoms with E-state index < -0.39 is 63.0 Å². The van der Waals surface area contributed by atoms with Gasteiger partial charge in [-0.15, -0.1) is 4.21 Å². The monoisotopic (exact) mass is 803 g/mol. The first-order chi connectivity index (χ1) is 25.2. The van der Waals surface area contributed by atoms with Crippen LogP contribution in [0.4, 0.5) is 58.4 Å². The topological polar surface area (TPSA) is 20.3 Å². The van der Waals surface area contributed by atoms with Gasteiger partial charge in [0.1, 0.15) is 24.4 Å². The number of nitrogens with zero attached hydrogens (tertiary/aromatic N) is 1. The highest BCUT2D eigenvalue weighted by molar-refractivity contribution is 8.00. The number of hydrogen-bond acceptors (Lipinski definition) is 2. The van der Waals surface area contributed by atoms with E-state index in [1.54, 1.807) is 12.5 Å². The summed E-state index contributed by atoms with van der Waals surface area (Å²) in [6, 6.07) is 21.8. The molecule has 0 aliphatic rings. The number of alkyl halides is 12.